The minimum atomic E-state index is -1.33. The van der Waals surface area contributed by atoms with Crippen LogP contribution in [0, 0.1) is 0 Å². The summed E-state index contributed by atoms with van der Waals surface area (Å²) < 4.78 is 5.14. The van der Waals surface area contributed by atoms with Crippen molar-refractivity contribution in [3.8, 4) is 0 Å². The Labute approximate surface area is 67.9 Å². The van der Waals surface area contributed by atoms with Crippen LogP contribution in [-0.2, 0) is 9.53 Å². The van der Waals surface area contributed by atoms with E-state index in [1.807, 2.05) is 0 Å². The van der Waals surface area contributed by atoms with Gasteiger partial charge in [0, 0.05) is 6.42 Å². The lowest BCUT2D eigenvalue weighted by molar-refractivity contribution is -0.140. The average Bonchev–Trinajstić information content (AvgIpc) is 2.11. The second kappa shape index (κ2) is 2.60. The van der Waals surface area contributed by atoms with Gasteiger partial charge in [0.15, 0.2) is 0 Å². The molecule has 0 aliphatic carbocycles. The molecule has 1 fully saturated rings. The van der Waals surface area contributed by atoms with Crippen molar-refractivity contribution in [1.82, 2.24) is 0 Å². The average molecular weight is 173 g/mol. The molecule has 4 heteroatoms. The molecule has 0 amide bonds. The Kier molecular flexibility index (Phi) is 2.07. The van der Waals surface area contributed by atoms with Crippen LogP contribution in [0.1, 0.15) is 6.42 Å². The number of rotatable bonds is 1. The molecular weight excluding hydrogens is 158 g/mol. The van der Waals surface area contributed by atoms with Gasteiger partial charge in [-0.05, 0) is 0 Å². The Hall–Kier alpha value is -0.353. The Morgan fingerprint density at radius 3 is 2.27 bits per heavy atom. The molecule has 0 aromatic carbocycles. The van der Waals surface area contributed by atoms with Gasteiger partial charge in [0.2, 0.25) is 0 Å². The highest BCUT2D eigenvalue weighted by Crippen LogP contribution is 2.22. The second-order valence-corrected chi connectivity index (χ2v) is 9.51. The van der Waals surface area contributed by atoms with Crippen LogP contribution in [-0.4, -0.2) is 25.8 Å². The third-order valence-corrected chi connectivity index (χ3v) is 4.28. The fourth-order valence-corrected chi connectivity index (χ4v) is 2.56. The third-order valence-electron chi connectivity index (χ3n) is 2.00. The summed E-state index contributed by atoms with van der Waals surface area (Å²) in [4.78, 5) is 10.9. The van der Waals surface area contributed by atoms with E-state index in [1.54, 1.807) is 0 Å². The summed E-state index contributed by atoms with van der Waals surface area (Å²) >= 11 is 0. The van der Waals surface area contributed by atoms with Gasteiger partial charge in [-0.3, -0.25) is 4.79 Å². The van der Waals surface area contributed by atoms with Crippen molar-refractivity contribution >= 4 is 14.0 Å². The minimum Gasteiger partial charge on any atom is -0.465 e. The number of ether oxygens (including phenoxy) is 1. The molecule has 2 atom stereocenters. The molecule has 1 heterocycles. The van der Waals surface area contributed by atoms with Crippen molar-refractivity contribution < 1.29 is 9.53 Å². The summed E-state index contributed by atoms with van der Waals surface area (Å²) in [5.74, 6) is -0.225. The van der Waals surface area contributed by atoms with E-state index in [2.05, 4.69) is 19.6 Å². The van der Waals surface area contributed by atoms with Gasteiger partial charge in [0.25, 0.3) is 0 Å². The Bertz CT molecular complexity index is 176. The molecule has 1 saturated heterocycles. The quantitative estimate of drug-likeness (QED) is 0.464. The van der Waals surface area contributed by atoms with E-state index in [9.17, 15) is 4.79 Å². The monoisotopic (exact) mass is 173 g/mol. The lowest BCUT2D eigenvalue weighted by Gasteiger charge is -2.22. The number of esters is 1. The predicted molar refractivity (Wildman–Crippen MR) is 45.8 cm³/mol. The van der Waals surface area contributed by atoms with Crippen LogP contribution >= 0.6 is 0 Å². The zero-order chi connectivity index (χ0) is 8.65. The van der Waals surface area contributed by atoms with E-state index in [-0.39, 0.29) is 17.7 Å². The van der Waals surface area contributed by atoms with Crippen molar-refractivity contribution in [1.29, 1.82) is 0 Å². The van der Waals surface area contributed by atoms with E-state index in [1.165, 1.54) is 0 Å². The number of cyclic esters (lactones) is 1. The zero-order valence-electron chi connectivity index (χ0n) is 7.26. The van der Waals surface area contributed by atoms with E-state index >= 15 is 0 Å². The molecule has 1 aliphatic rings. The molecule has 0 aromatic rings. The molecule has 0 aromatic heterocycles. The lowest BCUT2D eigenvalue weighted by atomic mass is 10.3. The maximum Gasteiger partial charge on any atom is 0.322 e. The van der Waals surface area contributed by atoms with Crippen molar-refractivity contribution in [2.45, 2.75) is 37.8 Å². The molecule has 11 heavy (non-hydrogen) atoms. The maximum atomic E-state index is 10.9. The van der Waals surface area contributed by atoms with Crippen LogP contribution in [0.4, 0.5) is 0 Å². The fourth-order valence-electron chi connectivity index (χ4n) is 1.13. The third kappa shape index (κ3) is 1.81. The van der Waals surface area contributed by atoms with Gasteiger partial charge in [0.1, 0.15) is 6.04 Å². The first-order valence-corrected chi connectivity index (χ1v) is 7.45. The van der Waals surface area contributed by atoms with Gasteiger partial charge in [-0.2, -0.15) is 0 Å². The largest absolute Gasteiger partial charge is 0.465 e. The Morgan fingerprint density at radius 2 is 2.09 bits per heavy atom. The first-order chi connectivity index (χ1) is 4.91. The molecule has 0 radical (unpaired) electrons. The second-order valence-electron chi connectivity index (χ2n) is 4.13. The molecule has 0 bridgehead atoms. The first-order valence-electron chi connectivity index (χ1n) is 3.87. The van der Waals surface area contributed by atoms with Crippen molar-refractivity contribution in [3.05, 3.63) is 0 Å². The standard InChI is InChI=1S/C7H15NO2Si/c1-11(2,3)6-4-5(8)7(9)10-6/h5-6H,4,8H2,1-3H3. The van der Waals surface area contributed by atoms with Crippen LogP contribution in [0.5, 0.6) is 0 Å². The highest BCUT2D eigenvalue weighted by Gasteiger charge is 2.39. The van der Waals surface area contributed by atoms with Gasteiger partial charge >= 0.3 is 5.97 Å². The molecule has 1 rings (SSSR count). The highest BCUT2D eigenvalue weighted by molar-refractivity contribution is 6.77. The SMILES string of the molecule is C[Si](C)(C)C1CC(N)C(=O)O1. The molecule has 0 spiro atoms. The number of hydrogen-bond donors (Lipinski definition) is 1. The molecule has 1 aliphatic heterocycles. The topological polar surface area (TPSA) is 52.3 Å². The van der Waals surface area contributed by atoms with Gasteiger partial charge in [-0.1, -0.05) is 19.6 Å². The van der Waals surface area contributed by atoms with Crippen LogP contribution in [0.3, 0.4) is 0 Å². The van der Waals surface area contributed by atoms with Crippen LogP contribution in [0.2, 0.25) is 19.6 Å². The van der Waals surface area contributed by atoms with E-state index in [0.717, 1.165) is 0 Å². The number of carbonyl (C=O) groups excluding carboxylic acids is 1. The summed E-state index contributed by atoms with van der Waals surface area (Å²) in [6, 6.07) is -0.369. The molecule has 0 saturated carbocycles. The normalized spacial score (nSPS) is 32.2. The fraction of sp³-hybridized carbons (Fsp3) is 0.857. The number of hydrogen-bond acceptors (Lipinski definition) is 3. The van der Waals surface area contributed by atoms with E-state index < -0.39 is 8.07 Å². The summed E-state index contributed by atoms with van der Waals surface area (Å²) in [5, 5.41) is 0. The van der Waals surface area contributed by atoms with Crippen molar-refractivity contribution in [3.63, 3.8) is 0 Å². The van der Waals surface area contributed by atoms with Crippen LogP contribution in [0.15, 0.2) is 0 Å². The van der Waals surface area contributed by atoms with E-state index in [4.69, 9.17) is 10.5 Å². The first kappa shape index (κ1) is 8.74. The van der Waals surface area contributed by atoms with Crippen molar-refractivity contribution in [2.75, 3.05) is 0 Å². The molecular formula is C7H15NO2Si. The summed E-state index contributed by atoms with van der Waals surface area (Å²) in [7, 11) is -1.33. The summed E-state index contributed by atoms with van der Waals surface area (Å²) in [5.41, 5.74) is 5.64. The maximum absolute atomic E-state index is 10.9. The van der Waals surface area contributed by atoms with Crippen molar-refractivity contribution in [2.24, 2.45) is 5.73 Å². The predicted octanol–water partition coefficient (Wildman–Crippen LogP) is 0.507. The smallest absolute Gasteiger partial charge is 0.322 e. The number of carbonyl (C=O) groups is 1. The van der Waals surface area contributed by atoms with Crippen LogP contribution < -0.4 is 5.73 Å². The zero-order valence-corrected chi connectivity index (χ0v) is 8.26. The van der Waals surface area contributed by atoms with E-state index in [0.29, 0.717) is 6.42 Å². The Morgan fingerprint density at radius 1 is 1.55 bits per heavy atom. The molecule has 2 N–H and O–H groups in total. The summed E-state index contributed by atoms with van der Waals surface area (Å²) in [6.07, 6.45) is 0.717. The molecule has 2 unspecified atom stereocenters. The van der Waals surface area contributed by atoms with Gasteiger partial charge in [-0.15, -0.1) is 0 Å². The molecule has 3 nitrogen and oxygen atoms in total. The highest BCUT2D eigenvalue weighted by atomic mass is 28.3. The van der Waals surface area contributed by atoms with Gasteiger partial charge < -0.3 is 10.5 Å². The van der Waals surface area contributed by atoms with Crippen LogP contribution in [0.25, 0.3) is 0 Å². The number of nitrogens with two attached hydrogens (primary N) is 1. The Balaban J connectivity index is 2.61. The van der Waals surface area contributed by atoms with Gasteiger partial charge in [-0.25, -0.2) is 0 Å². The summed E-state index contributed by atoms with van der Waals surface area (Å²) in [6.45, 7) is 6.55. The minimum absolute atomic E-state index is 0.130. The lowest BCUT2D eigenvalue weighted by Crippen LogP contribution is -2.38. The molecule has 64 valence electrons. The van der Waals surface area contributed by atoms with Gasteiger partial charge in [0.05, 0.1) is 13.8 Å².